The Morgan fingerprint density at radius 2 is 2.06 bits per heavy atom. The van der Waals surface area contributed by atoms with Crippen LogP contribution in [0.15, 0.2) is 0 Å². The van der Waals surface area contributed by atoms with Gasteiger partial charge in [0.05, 0.1) is 12.1 Å². The van der Waals surface area contributed by atoms with E-state index >= 15 is 0 Å². The van der Waals surface area contributed by atoms with E-state index in [0.717, 1.165) is 19.5 Å². The molecule has 0 aromatic carbocycles. The summed E-state index contributed by atoms with van der Waals surface area (Å²) < 4.78 is 0. The van der Waals surface area contributed by atoms with Crippen LogP contribution in [0.5, 0.6) is 0 Å². The van der Waals surface area contributed by atoms with Crippen LogP contribution in [-0.2, 0) is 0 Å². The number of likely N-dealkylation sites (tertiary alicyclic amines) is 1. The Morgan fingerprint density at radius 3 is 2.56 bits per heavy atom. The van der Waals surface area contributed by atoms with Gasteiger partial charge in [-0.15, -0.1) is 0 Å². The summed E-state index contributed by atoms with van der Waals surface area (Å²) in [6.07, 6.45) is 6.39. The van der Waals surface area contributed by atoms with E-state index < -0.39 is 0 Å². The monoisotopic (exact) mass is 226 g/mol. The predicted octanol–water partition coefficient (Wildman–Crippen LogP) is 1.36. The molecule has 0 bridgehead atoms. The van der Waals surface area contributed by atoms with Crippen molar-refractivity contribution in [3.05, 3.63) is 0 Å². The SMILES string of the molecule is CC(C)N1CCC(CO)(NC2CCCC2)C1. The van der Waals surface area contributed by atoms with Crippen molar-refractivity contribution in [2.45, 2.75) is 63.6 Å². The molecular formula is C13H26N2O. The predicted molar refractivity (Wildman–Crippen MR) is 66.5 cm³/mol. The van der Waals surface area contributed by atoms with E-state index in [2.05, 4.69) is 24.1 Å². The molecule has 1 aliphatic carbocycles. The van der Waals surface area contributed by atoms with E-state index in [1.807, 2.05) is 0 Å². The van der Waals surface area contributed by atoms with Crippen LogP contribution < -0.4 is 5.32 Å². The van der Waals surface area contributed by atoms with Crippen molar-refractivity contribution in [3.63, 3.8) is 0 Å². The van der Waals surface area contributed by atoms with Crippen LogP contribution in [0, 0.1) is 0 Å². The first-order valence-corrected chi connectivity index (χ1v) is 6.78. The maximum Gasteiger partial charge on any atom is 0.0626 e. The minimum absolute atomic E-state index is 0.0146. The molecule has 0 spiro atoms. The van der Waals surface area contributed by atoms with Crippen molar-refractivity contribution >= 4 is 0 Å². The molecule has 1 unspecified atom stereocenters. The molecule has 2 fully saturated rings. The minimum atomic E-state index is -0.0146. The quantitative estimate of drug-likeness (QED) is 0.760. The number of nitrogens with one attached hydrogen (secondary N) is 1. The maximum atomic E-state index is 9.69. The van der Waals surface area contributed by atoms with Gasteiger partial charge in [0, 0.05) is 25.2 Å². The van der Waals surface area contributed by atoms with Crippen LogP contribution in [0.4, 0.5) is 0 Å². The van der Waals surface area contributed by atoms with Crippen LogP contribution in [-0.4, -0.2) is 47.3 Å². The summed E-state index contributed by atoms with van der Waals surface area (Å²) in [6.45, 7) is 6.90. The Balaban J connectivity index is 1.92. The number of aliphatic hydroxyl groups excluding tert-OH is 1. The fourth-order valence-corrected chi connectivity index (χ4v) is 3.14. The number of rotatable bonds is 4. The topological polar surface area (TPSA) is 35.5 Å². The van der Waals surface area contributed by atoms with Crippen molar-refractivity contribution in [3.8, 4) is 0 Å². The highest BCUT2D eigenvalue weighted by atomic mass is 16.3. The summed E-state index contributed by atoms with van der Waals surface area (Å²) in [4.78, 5) is 2.47. The lowest BCUT2D eigenvalue weighted by molar-refractivity contribution is 0.141. The van der Waals surface area contributed by atoms with Gasteiger partial charge in [0.15, 0.2) is 0 Å². The summed E-state index contributed by atoms with van der Waals surface area (Å²) in [6, 6.07) is 1.25. The van der Waals surface area contributed by atoms with E-state index in [-0.39, 0.29) is 12.1 Å². The summed E-state index contributed by atoms with van der Waals surface area (Å²) in [5.41, 5.74) is -0.0146. The molecule has 1 aliphatic heterocycles. The largest absolute Gasteiger partial charge is 0.394 e. The second-order valence-corrected chi connectivity index (χ2v) is 5.88. The molecule has 2 rings (SSSR count). The Labute approximate surface area is 99.2 Å². The summed E-state index contributed by atoms with van der Waals surface area (Å²) in [5, 5.41) is 13.4. The van der Waals surface area contributed by atoms with Gasteiger partial charge in [-0.05, 0) is 33.1 Å². The van der Waals surface area contributed by atoms with Gasteiger partial charge in [0.1, 0.15) is 0 Å². The first-order chi connectivity index (χ1) is 7.65. The highest BCUT2D eigenvalue weighted by Gasteiger charge is 2.39. The second-order valence-electron chi connectivity index (χ2n) is 5.88. The van der Waals surface area contributed by atoms with Gasteiger partial charge in [-0.2, -0.15) is 0 Å². The van der Waals surface area contributed by atoms with Crippen molar-refractivity contribution in [2.24, 2.45) is 0 Å². The lowest BCUT2D eigenvalue weighted by atomic mass is 9.98. The molecular weight excluding hydrogens is 200 g/mol. The summed E-state index contributed by atoms with van der Waals surface area (Å²) >= 11 is 0. The lowest BCUT2D eigenvalue weighted by Crippen LogP contribution is -2.54. The van der Waals surface area contributed by atoms with Crippen LogP contribution in [0.3, 0.4) is 0 Å². The first kappa shape index (κ1) is 12.3. The van der Waals surface area contributed by atoms with Gasteiger partial charge in [-0.3, -0.25) is 4.90 Å². The molecule has 94 valence electrons. The van der Waals surface area contributed by atoms with Crippen molar-refractivity contribution < 1.29 is 5.11 Å². The van der Waals surface area contributed by atoms with Gasteiger partial charge >= 0.3 is 0 Å². The van der Waals surface area contributed by atoms with Gasteiger partial charge in [0.2, 0.25) is 0 Å². The average Bonchev–Trinajstić information content (AvgIpc) is 2.88. The Hall–Kier alpha value is -0.120. The van der Waals surface area contributed by atoms with Crippen molar-refractivity contribution in [1.82, 2.24) is 10.2 Å². The summed E-state index contributed by atoms with van der Waals surface area (Å²) in [7, 11) is 0. The van der Waals surface area contributed by atoms with Crippen LogP contribution in [0.1, 0.15) is 46.0 Å². The van der Waals surface area contributed by atoms with Gasteiger partial charge in [0.25, 0.3) is 0 Å². The molecule has 1 saturated carbocycles. The molecule has 3 heteroatoms. The maximum absolute atomic E-state index is 9.69. The molecule has 3 nitrogen and oxygen atoms in total. The van der Waals surface area contributed by atoms with Gasteiger partial charge < -0.3 is 10.4 Å². The zero-order valence-electron chi connectivity index (χ0n) is 10.7. The standard InChI is InChI=1S/C13H26N2O/c1-11(2)15-8-7-13(9-15,10-16)14-12-5-3-4-6-12/h11-12,14,16H,3-10H2,1-2H3. The van der Waals surface area contributed by atoms with Crippen molar-refractivity contribution in [1.29, 1.82) is 0 Å². The number of hydrogen-bond acceptors (Lipinski definition) is 3. The fraction of sp³-hybridized carbons (Fsp3) is 1.00. The van der Waals surface area contributed by atoms with Crippen LogP contribution in [0.25, 0.3) is 0 Å². The Bertz CT molecular complexity index is 226. The zero-order chi connectivity index (χ0) is 11.6. The normalized spacial score (nSPS) is 33.0. The zero-order valence-corrected chi connectivity index (χ0v) is 10.7. The van der Waals surface area contributed by atoms with Crippen LogP contribution in [0.2, 0.25) is 0 Å². The average molecular weight is 226 g/mol. The van der Waals surface area contributed by atoms with Gasteiger partial charge in [-0.1, -0.05) is 12.8 Å². The molecule has 0 amide bonds. The third-order valence-corrected chi connectivity index (χ3v) is 4.28. The van der Waals surface area contributed by atoms with Crippen molar-refractivity contribution in [2.75, 3.05) is 19.7 Å². The molecule has 16 heavy (non-hydrogen) atoms. The molecule has 1 saturated heterocycles. The third-order valence-electron chi connectivity index (χ3n) is 4.28. The third kappa shape index (κ3) is 2.58. The molecule has 0 radical (unpaired) electrons. The highest BCUT2D eigenvalue weighted by Crippen LogP contribution is 2.27. The van der Waals surface area contributed by atoms with E-state index in [1.165, 1.54) is 25.7 Å². The van der Waals surface area contributed by atoms with E-state index in [1.54, 1.807) is 0 Å². The fourth-order valence-electron chi connectivity index (χ4n) is 3.14. The van der Waals surface area contributed by atoms with E-state index in [9.17, 15) is 5.11 Å². The second kappa shape index (κ2) is 5.03. The molecule has 1 atom stereocenters. The smallest absolute Gasteiger partial charge is 0.0626 e. The van der Waals surface area contributed by atoms with E-state index in [0.29, 0.717) is 12.1 Å². The highest BCUT2D eigenvalue weighted by molar-refractivity contribution is 5.00. The van der Waals surface area contributed by atoms with E-state index in [4.69, 9.17) is 0 Å². The Morgan fingerprint density at radius 1 is 1.38 bits per heavy atom. The molecule has 0 aromatic rings. The minimum Gasteiger partial charge on any atom is -0.394 e. The number of nitrogens with zero attached hydrogens (tertiary/aromatic N) is 1. The first-order valence-electron chi connectivity index (χ1n) is 6.78. The molecule has 2 N–H and O–H groups in total. The Kier molecular flexibility index (Phi) is 3.88. The van der Waals surface area contributed by atoms with Gasteiger partial charge in [-0.25, -0.2) is 0 Å². The molecule has 2 aliphatic rings. The lowest BCUT2D eigenvalue weighted by Gasteiger charge is -2.33. The molecule has 1 heterocycles. The van der Waals surface area contributed by atoms with Crippen LogP contribution >= 0.6 is 0 Å². The molecule has 0 aromatic heterocycles. The number of aliphatic hydroxyl groups is 1. The number of hydrogen-bond donors (Lipinski definition) is 2. The summed E-state index contributed by atoms with van der Waals surface area (Å²) in [5.74, 6) is 0.